The molecular formula is C13H18BrNS. The molecule has 0 spiro atoms. The van der Waals surface area contributed by atoms with Crippen LogP contribution in [-0.4, -0.2) is 11.8 Å². The molecule has 0 atom stereocenters. The number of nitrogens with two attached hydrogens (primary N) is 1. The monoisotopic (exact) mass is 299 g/mol. The smallest absolute Gasteiger partial charge is 0.0314 e. The lowest BCUT2D eigenvalue weighted by atomic mass is 10.2. The van der Waals surface area contributed by atoms with Gasteiger partial charge in [0.1, 0.15) is 0 Å². The Morgan fingerprint density at radius 1 is 1.31 bits per heavy atom. The number of halogens is 1. The third kappa shape index (κ3) is 3.25. The maximum atomic E-state index is 5.56. The van der Waals surface area contributed by atoms with E-state index in [1.54, 1.807) is 0 Å². The van der Waals surface area contributed by atoms with Crippen LogP contribution in [0, 0.1) is 0 Å². The Labute approximate surface area is 110 Å². The number of hydrogen-bond acceptors (Lipinski definition) is 2. The Hall–Kier alpha value is 0.01000. The molecule has 2 N–H and O–H groups in total. The van der Waals surface area contributed by atoms with E-state index in [9.17, 15) is 0 Å². The zero-order valence-corrected chi connectivity index (χ0v) is 11.8. The van der Waals surface area contributed by atoms with Gasteiger partial charge < -0.3 is 5.73 Å². The summed E-state index contributed by atoms with van der Waals surface area (Å²) in [5.41, 5.74) is 6.88. The van der Waals surface area contributed by atoms with Crippen molar-refractivity contribution in [1.82, 2.24) is 0 Å². The molecule has 0 amide bonds. The van der Waals surface area contributed by atoms with Gasteiger partial charge in [0.2, 0.25) is 0 Å². The highest BCUT2D eigenvalue weighted by Gasteiger charge is 2.17. The second-order valence-electron chi connectivity index (χ2n) is 4.33. The van der Waals surface area contributed by atoms with Crippen molar-refractivity contribution < 1.29 is 0 Å². The highest BCUT2D eigenvalue weighted by atomic mass is 79.9. The van der Waals surface area contributed by atoms with E-state index in [-0.39, 0.29) is 0 Å². The van der Waals surface area contributed by atoms with Gasteiger partial charge in [-0.15, -0.1) is 11.8 Å². The molecule has 0 bridgehead atoms. The lowest BCUT2D eigenvalue weighted by Gasteiger charge is -2.11. The summed E-state index contributed by atoms with van der Waals surface area (Å²) >= 11 is 5.69. The van der Waals surface area contributed by atoms with Crippen molar-refractivity contribution in [3.63, 3.8) is 0 Å². The Morgan fingerprint density at radius 2 is 2.06 bits per heavy atom. The predicted molar refractivity (Wildman–Crippen MR) is 75.0 cm³/mol. The van der Waals surface area contributed by atoms with Crippen molar-refractivity contribution in [2.45, 2.75) is 42.2 Å². The summed E-state index contributed by atoms with van der Waals surface area (Å²) in [5.74, 6) is 0. The number of hydrogen-bond donors (Lipinski definition) is 1. The fourth-order valence-corrected chi connectivity index (χ4v) is 4.10. The Balaban J connectivity index is 2.03. The van der Waals surface area contributed by atoms with E-state index in [1.807, 2.05) is 11.8 Å². The summed E-state index contributed by atoms with van der Waals surface area (Å²) in [6.07, 6.45) is 6.53. The third-order valence-electron chi connectivity index (χ3n) is 3.03. The van der Waals surface area contributed by atoms with Crippen LogP contribution in [0.15, 0.2) is 27.6 Å². The molecule has 0 heterocycles. The van der Waals surface area contributed by atoms with Gasteiger partial charge in [-0.3, -0.25) is 0 Å². The van der Waals surface area contributed by atoms with Gasteiger partial charge in [-0.1, -0.05) is 18.9 Å². The summed E-state index contributed by atoms with van der Waals surface area (Å²) in [5, 5.41) is 0.830. The molecule has 1 aromatic rings. The number of thioether (sulfide) groups is 1. The molecule has 2 rings (SSSR count). The minimum absolute atomic E-state index is 0.724. The standard InChI is InChI=1S/C13H18BrNS/c14-12-9-10(7-8-15)5-6-13(12)16-11-3-1-2-4-11/h5-6,9,11H,1-4,7-8,15H2. The van der Waals surface area contributed by atoms with Gasteiger partial charge >= 0.3 is 0 Å². The molecular weight excluding hydrogens is 282 g/mol. The molecule has 1 aromatic carbocycles. The highest BCUT2D eigenvalue weighted by Crippen LogP contribution is 2.38. The van der Waals surface area contributed by atoms with Gasteiger partial charge in [0.15, 0.2) is 0 Å². The van der Waals surface area contributed by atoms with Crippen molar-refractivity contribution in [1.29, 1.82) is 0 Å². The first-order chi connectivity index (χ1) is 7.79. The average molecular weight is 300 g/mol. The van der Waals surface area contributed by atoms with Crippen molar-refractivity contribution >= 4 is 27.7 Å². The molecule has 1 nitrogen and oxygen atoms in total. The maximum absolute atomic E-state index is 5.56. The summed E-state index contributed by atoms with van der Waals surface area (Å²) in [6.45, 7) is 0.724. The predicted octanol–water partition coefficient (Wildman–Crippen LogP) is 3.99. The van der Waals surface area contributed by atoms with Crippen LogP contribution in [0.3, 0.4) is 0 Å². The molecule has 1 saturated carbocycles. The van der Waals surface area contributed by atoms with Crippen molar-refractivity contribution in [2.24, 2.45) is 5.73 Å². The van der Waals surface area contributed by atoms with Crippen molar-refractivity contribution in [3.05, 3.63) is 28.2 Å². The Bertz CT molecular complexity index is 348. The van der Waals surface area contributed by atoms with Gasteiger partial charge in [0.25, 0.3) is 0 Å². The van der Waals surface area contributed by atoms with Crippen LogP contribution in [0.5, 0.6) is 0 Å². The Morgan fingerprint density at radius 3 is 2.69 bits per heavy atom. The number of rotatable bonds is 4. The summed E-state index contributed by atoms with van der Waals surface area (Å²) in [6, 6.07) is 6.65. The van der Waals surface area contributed by atoms with E-state index in [2.05, 4.69) is 34.1 Å². The second-order valence-corrected chi connectivity index (χ2v) is 6.52. The van der Waals surface area contributed by atoms with Crippen LogP contribution < -0.4 is 5.73 Å². The van der Waals surface area contributed by atoms with Gasteiger partial charge in [-0.2, -0.15) is 0 Å². The molecule has 0 unspecified atom stereocenters. The van der Waals surface area contributed by atoms with Crippen LogP contribution in [0.25, 0.3) is 0 Å². The van der Waals surface area contributed by atoms with Gasteiger partial charge in [-0.25, -0.2) is 0 Å². The largest absolute Gasteiger partial charge is 0.330 e. The molecule has 1 aliphatic rings. The first-order valence-corrected chi connectivity index (χ1v) is 7.62. The first-order valence-electron chi connectivity index (χ1n) is 5.95. The normalized spacial score (nSPS) is 16.9. The zero-order valence-electron chi connectivity index (χ0n) is 9.42. The van der Waals surface area contributed by atoms with Gasteiger partial charge in [-0.05, 0) is 59.4 Å². The van der Waals surface area contributed by atoms with E-state index in [0.29, 0.717) is 0 Å². The van der Waals surface area contributed by atoms with Crippen molar-refractivity contribution in [2.75, 3.05) is 6.54 Å². The molecule has 0 aromatic heterocycles. The molecule has 0 saturated heterocycles. The highest BCUT2D eigenvalue weighted by molar-refractivity contribution is 9.10. The summed E-state index contributed by atoms with van der Waals surface area (Å²) < 4.78 is 1.23. The number of benzene rings is 1. The minimum atomic E-state index is 0.724. The molecule has 0 radical (unpaired) electrons. The average Bonchev–Trinajstić information content (AvgIpc) is 2.75. The maximum Gasteiger partial charge on any atom is 0.0314 e. The van der Waals surface area contributed by atoms with Crippen LogP contribution in [-0.2, 0) is 6.42 Å². The molecule has 88 valence electrons. The third-order valence-corrected chi connectivity index (χ3v) is 5.36. The fraction of sp³-hybridized carbons (Fsp3) is 0.538. The fourth-order valence-electron chi connectivity index (χ4n) is 2.15. The zero-order chi connectivity index (χ0) is 11.4. The lowest BCUT2D eigenvalue weighted by Crippen LogP contribution is -2.02. The second kappa shape index (κ2) is 6.08. The molecule has 0 aliphatic heterocycles. The molecule has 3 heteroatoms. The van der Waals surface area contributed by atoms with Gasteiger partial charge in [0.05, 0.1) is 0 Å². The summed E-state index contributed by atoms with van der Waals surface area (Å²) in [4.78, 5) is 1.38. The Kier molecular flexibility index (Phi) is 4.74. The van der Waals surface area contributed by atoms with Gasteiger partial charge in [0, 0.05) is 14.6 Å². The molecule has 1 fully saturated rings. The molecule has 16 heavy (non-hydrogen) atoms. The van der Waals surface area contributed by atoms with E-state index in [4.69, 9.17) is 5.73 Å². The lowest BCUT2D eigenvalue weighted by molar-refractivity contribution is 0.886. The molecule has 1 aliphatic carbocycles. The topological polar surface area (TPSA) is 26.0 Å². The minimum Gasteiger partial charge on any atom is -0.330 e. The van der Waals surface area contributed by atoms with E-state index >= 15 is 0 Å². The van der Waals surface area contributed by atoms with E-state index in [1.165, 1.54) is 40.6 Å². The summed E-state index contributed by atoms with van der Waals surface area (Å²) in [7, 11) is 0. The van der Waals surface area contributed by atoms with Crippen LogP contribution in [0.4, 0.5) is 0 Å². The van der Waals surface area contributed by atoms with Crippen LogP contribution >= 0.6 is 27.7 Å². The van der Waals surface area contributed by atoms with E-state index in [0.717, 1.165) is 18.2 Å². The quantitative estimate of drug-likeness (QED) is 0.910. The van der Waals surface area contributed by atoms with Crippen LogP contribution in [0.2, 0.25) is 0 Å². The SMILES string of the molecule is NCCc1ccc(SC2CCCC2)c(Br)c1. The first kappa shape index (κ1) is 12.5. The van der Waals surface area contributed by atoms with Crippen LogP contribution in [0.1, 0.15) is 31.2 Å². The van der Waals surface area contributed by atoms with Crippen molar-refractivity contribution in [3.8, 4) is 0 Å². The van der Waals surface area contributed by atoms with E-state index < -0.39 is 0 Å².